The summed E-state index contributed by atoms with van der Waals surface area (Å²) in [6.07, 6.45) is 8.29. The molecule has 1 aromatic heterocycles. The molecule has 2 rings (SSSR count). The van der Waals surface area contributed by atoms with E-state index in [0.717, 1.165) is 25.7 Å². The number of hydrogen-bond acceptors (Lipinski definition) is 4. The third-order valence-corrected chi connectivity index (χ3v) is 4.93. The Bertz CT molecular complexity index is 358. The van der Waals surface area contributed by atoms with Crippen molar-refractivity contribution in [2.75, 3.05) is 20.1 Å². The molecule has 1 aliphatic carbocycles. The van der Waals surface area contributed by atoms with Crippen molar-refractivity contribution in [1.82, 2.24) is 15.2 Å². The van der Waals surface area contributed by atoms with E-state index in [1.807, 2.05) is 5.51 Å². The molecule has 1 fully saturated rings. The molecule has 0 aromatic carbocycles. The number of nitrogens with zero attached hydrogens (tertiary/aromatic N) is 2. The molecule has 1 N–H and O–H groups in total. The summed E-state index contributed by atoms with van der Waals surface area (Å²) >= 11 is 1.77. The fraction of sp³-hybridized carbons (Fsp3) is 0.800. The highest BCUT2D eigenvalue weighted by molar-refractivity contribution is 7.09. The largest absolute Gasteiger partial charge is 0.314 e. The van der Waals surface area contributed by atoms with E-state index in [-0.39, 0.29) is 0 Å². The Labute approximate surface area is 121 Å². The quantitative estimate of drug-likeness (QED) is 0.778. The minimum Gasteiger partial charge on any atom is -0.314 e. The van der Waals surface area contributed by atoms with Gasteiger partial charge in [-0.15, -0.1) is 11.3 Å². The van der Waals surface area contributed by atoms with Crippen molar-refractivity contribution in [2.45, 2.75) is 58.0 Å². The predicted molar refractivity (Wildman–Crippen MR) is 82.7 cm³/mol. The van der Waals surface area contributed by atoms with Crippen molar-refractivity contribution >= 4 is 11.3 Å². The summed E-state index contributed by atoms with van der Waals surface area (Å²) in [4.78, 5) is 8.12. The maximum absolute atomic E-state index is 4.31. The van der Waals surface area contributed by atoms with E-state index in [4.69, 9.17) is 0 Å². The topological polar surface area (TPSA) is 28.2 Å². The fourth-order valence-corrected chi connectivity index (χ4v) is 3.62. The highest BCUT2D eigenvalue weighted by atomic mass is 32.1. The Morgan fingerprint density at radius 2 is 2.16 bits per heavy atom. The van der Waals surface area contributed by atoms with Gasteiger partial charge in [-0.2, -0.15) is 0 Å². The van der Waals surface area contributed by atoms with Gasteiger partial charge in [0, 0.05) is 17.5 Å². The van der Waals surface area contributed by atoms with Crippen molar-refractivity contribution in [3.05, 3.63) is 16.1 Å². The molecular weight excluding hydrogens is 254 g/mol. The second-order valence-corrected chi connectivity index (χ2v) is 6.68. The summed E-state index contributed by atoms with van der Waals surface area (Å²) in [5.41, 5.74) is 3.14. The highest BCUT2D eigenvalue weighted by Crippen LogP contribution is 2.17. The van der Waals surface area contributed by atoms with Crippen molar-refractivity contribution in [2.24, 2.45) is 0 Å². The third-order valence-electron chi connectivity index (χ3n) is 4.01. The Kier molecular flexibility index (Phi) is 6.28. The average molecular weight is 281 g/mol. The Hall–Kier alpha value is -0.450. The summed E-state index contributed by atoms with van der Waals surface area (Å²) < 4.78 is 0. The van der Waals surface area contributed by atoms with Gasteiger partial charge < -0.3 is 10.2 Å². The molecule has 0 amide bonds. The molecule has 1 heterocycles. The predicted octanol–water partition coefficient (Wildman–Crippen LogP) is 3.20. The monoisotopic (exact) mass is 281 g/mol. The van der Waals surface area contributed by atoms with Gasteiger partial charge in [0.15, 0.2) is 0 Å². The first kappa shape index (κ1) is 14.9. The second kappa shape index (κ2) is 7.98. The molecule has 108 valence electrons. The molecule has 0 saturated heterocycles. The van der Waals surface area contributed by atoms with Gasteiger partial charge in [0.2, 0.25) is 0 Å². The molecule has 0 unspecified atom stereocenters. The van der Waals surface area contributed by atoms with Crippen LogP contribution in [-0.4, -0.2) is 36.1 Å². The van der Waals surface area contributed by atoms with E-state index in [1.165, 1.54) is 49.1 Å². The van der Waals surface area contributed by atoms with Crippen LogP contribution in [0.2, 0.25) is 0 Å². The Balaban J connectivity index is 1.56. The molecule has 1 saturated carbocycles. The Morgan fingerprint density at radius 1 is 1.37 bits per heavy atom. The molecule has 1 aromatic rings. The molecule has 3 nitrogen and oxygen atoms in total. The lowest BCUT2D eigenvalue weighted by Crippen LogP contribution is -2.33. The number of nitrogens with one attached hydrogen (secondary N) is 1. The van der Waals surface area contributed by atoms with Crippen LogP contribution in [0.4, 0.5) is 0 Å². The SMILES string of the molecule is Cc1ncsc1CN(C)CCCNC1CCCCC1. The van der Waals surface area contributed by atoms with Crippen molar-refractivity contribution in [3.8, 4) is 0 Å². The summed E-state index contributed by atoms with van der Waals surface area (Å²) in [6.45, 7) is 5.47. The molecule has 0 radical (unpaired) electrons. The average Bonchev–Trinajstić information content (AvgIpc) is 2.82. The number of hydrogen-bond donors (Lipinski definition) is 1. The minimum atomic E-state index is 0.794. The lowest BCUT2D eigenvalue weighted by atomic mass is 9.95. The molecule has 1 aliphatic rings. The van der Waals surface area contributed by atoms with Gasteiger partial charge >= 0.3 is 0 Å². The normalized spacial score (nSPS) is 17.2. The van der Waals surface area contributed by atoms with E-state index in [2.05, 4.69) is 29.2 Å². The van der Waals surface area contributed by atoms with Gasteiger partial charge in [0.25, 0.3) is 0 Å². The summed E-state index contributed by atoms with van der Waals surface area (Å²) in [5.74, 6) is 0. The molecule has 0 aliphatic heterocycles. The van der Waals surface area contributed by atoms with Crippen LogP contribution in [0.3, 0.4) is 0 Å². The van der Waals surface area contributed by atoms with Crippen LogP contribution in [-0.2, 0) is 6.54 Å². The zero-order valence-corrected chi connectivity index (χ0v) is 13.1. The molecule has 0 bridgehead atoms. The number of thiazole rings is 1. The zero-order chi connectivity index (χ0) is 13.5. The second-order valence-electron chi connectivity index (χ2n) is 5.74. The smallest absolute Gasteiger partial charge is 0.0798 e. The van der Waals surface area contributed by atoms with Crippen LogP contribution < -0.4 is 5.32 Å². The van der Waals surface area contributed by atoms with Gasteiger partial charge in [-0.3, -0.25) is 0 Å². The standard InChI is InChI=1S/C15H27N3S/c1-13-15(19-12-17-13)11-18(2)10-6-9-16-14-7-4-3-5-8-14/h12,14,16H,3-11H2,1-2H3. The van der Waals surface area contributed by atoms with Gasteiger partial charge in [-0.25, -0.2) is 4.98 Å². The molecule has 0 atom stereocenters. The molecule has 19 heavy (non-hydrogen) atoms. The van der Waals surface area contributed by atoms with Crippen LogP contribution in [0, 0.1) is 6.92 Å². The first-order valence-electron chi connectivity index (χ1n) is 7.56. The number of aromatic nitrogens is 1. The van der Waals surface area contributed by atoms with Crippen LogP contribution in [0.5, 0.6) is 0 Å². The first-order valence-corrected chi connectivity index (χ1v) is 8.44. The third kappa shape index (κ3) is 5.21. The zero-order valence-electron chi connectivity index (χ0n) is 12.3. The maximum atomic E-state index is 4.31. The fourth-order valence-electron chi connectivity index (χ4n) is 2.76. The van der Waals surface area contributed by atoms with Crippen molar-refractivity contribution in [3.63, 3.8) is 0 Å². The van der Waals surface area contributed by atoms with Gasteiger partial charge in [0.1, 0.15) is 0 Å². The Morgan fingerprint density at radius 3 is 2.84 bits per heavy atom. The number of aryl methyl sites for hydroxylation is 1. The molecule has 0 spiro atoms. The van der Waals surface area contributed by atoms with E-state index >= 15 is 0 Å². The summed E-state index contributed by atoms with van der Waals surface area (Å²) in [6, 6.07) is 0.794. The lowest BCUT2D eigenvalue weighted by molar-refractivity contribution is 0.309. The van der Waals surface area contributed by atoms with Crippen LogP contribution in [0.25, 0.3) is 0 Å². The number of rotatable bonds is 7. The van der Waals surface area contributed by atoms with E-state index < -0.39 is 0 Å². The maximum Gasteiger partial charge on any atom is 0.0798 e. The van der Waals surface area contributed by atoms with E-state index in [9.17, 15) is 0 Å². The van der Waals surface area contributed by atoms with Crippen LogP contribution >= 0.6 is 11.3 Å². The van der Waals surface area contributed by atoms with E-state index in [1.54, 1.807) is 11.3 Å². The summed E-state index contributed by atoms with van der Waals surface area (Å²) in [7, 11) is 2.21. The highest BCUT2D eigenvalue weighted by Gasteiger charge is 2.12. The summed E-state index contributed by atoms with van der Waals surface area (Å²) in [5, 5.41) is 3.71. The van der Waals surface area contributed by atoms with Crippen LogP contribution in [0.1, 0.15) is 49.1 Å². The molecular formula is C15H27N3S. The van der Waals surface area contributed by atoms with Crippen molar-refractivity contribution in [1.29, 1.82) is 0 Å². The van der Waals surface area contributed by atoms with Gasteiger partial charge in [0.05, 0.1) is 11.2 Å². The minimum absolute atomic E-state index is 0.794. The van der Waals surface area contributed by atoms with Gasteiger partial charge in [-0.1, -0.05) is 19.3 Å². The molecule has 4 heteroatoms. The lowest BCUT2D eigenvalue weighted by Gasteiger charge is -2.23. The van der Waals surface area contributed by atoms with Crippen LogP contribution in [0.15, 0.2) is 5.51 Å². The van der Waals surface area contributed by atoms with E-state index in [0.29, 0.717) is 0 Å². The van der Waals surface area contributed by atoms with Crippen molar-refractivity contribution < 1.29 is 0 Å². The van der Waals surface area contributed by atoms with Gasteiger partial charge in [-0.05, 0) is 46.3 Å². The first-order chi connectivity index (χ1) is 9.25.